The summed E-state index contributed by atoms with van der Waals surface area (Å²) in [5.41, 5.74) is 9.00. The summed E-state index contributed by atoms with van der Waals surface area (Å²) in [5.74, 6) is 0.491. The third-order valence-corrected chi connectivity index (χ3v) is 5.43. The summed E-state index contributed by atoms with van der Waals surface area (Å²) < 4.78 is 33.1. The van der Waals surface area contributed by atoms with Crippen LogP contribution in [0.1, 0.15) is 13.8 Å². The molecule has 0 unspecified atom stereocenters. The van der Waals surface area contributed by atoms with Gasteiger partial charge in [-0.15, -0.1) is 0 Å². The maximum atomic E-state index is 13.2. The van der Waals surface area contributed by atoms with Crippen LogP contribution in [0.4, 0.5) is 31.8 Å². The van der Waals surface area contributed by atoms with E-state index in [1.54, 1.807) is 6.20 Å². The molecule has 0 aliphatic carbocycles. The van der Waals surface area contributed by atoms with E-state index in [2.05, 4.69) is 25.3 Å². The van der Waals surface area contributed by atoms with Gasteiger partial charge >= 0.3 is 6.61 Å². The smallest absolute Gasteiger partial charge is 0.387 e. The van der Waals surface area contributed by atoms with E-state index in [9.17, 15) is 8.78 Å². The summed E-state index contributed by atoms with van der Waals surface area (Å²) in [6, 6.07) is 6.78. The lowest BCUT2D eigenvalue weighted by atomic mass is 10.2. The summed E-state index contributed by atoms with van der Waals surface area (Å²) in [5, 5.41) is 3.83. The van der Waals surface area contributed by atoms with Gasteiger partial charge in [0.15, 0.2) is 11.6 Å². The van der Waals surface area contributed by atoms with Crippen molar-refractivity contribution in [2.45, 2.75) is 20.5 Å². The van der Waals surface area contributed by atoms with E-state index < -0.39 is 6.61 Å². The molecule has 3 heterocycles. The van der Waals surface area contributed by atoms with Crippen molar-refractivity contribution in [3.63, 3.8) is 0 Å². The molecule has 0 atom stereocenters. The molecule has 37 heavy (non-hydrogen) atoms. The first-order valence-corrected chi connectivity index (χ1v) is 11.8. The predicted molar refractivity (Wildman–Crippen MR) is 143 cm³/mol. The minimum Gasteiger partial charge on any atom is -0.433 e. The number of aromatic nitrogens is 5. The van der Waals surface area contributed by atoms with Crippen molar-refractivity contribution in [2.75, 3.05) is 50.2 Å². The van der Waals surface area contributed by atoms with E-state index >= 15 is 0 Å². The Kier molecular flexibility index (Phi) is 9.12. The Labute approximate surface area is 215 Å². The van der Waals surface area contributed by atoms with E-state index in [0.717, 1.165) is 23.1 Å². The van der Waals surface area contributed by atoms with Crippen LogP contribution in [0.5, 0.6) is 5.75 Å². The Morgan fingerprint density at radius 1 is 1.11 bits per heavy atom. The normalized spacial score (nSPS) is 11.0. The number of alkyl halides is 2. The number of hydrogen-bond donors (Lipinski definition) is 2. The number of nitrogen functional groups attached to an aromatic ring is 1. The van der Waals surface area contributed by atoms with E-state index in [4.69, 9.17) is 10.5 Å². The Balaban J connectivity index is 0.00000186. The number of hydrogen-bond acceptors (Lipinski definition) is 9. The van der Waals surface area contributed by atoms with Gasteiger partial charge in [-0.25, -0.2) is 15.0 Å². The average molecular weight is 514 g/mol. The third kappa shape index (κ3) is 6.58. The number of halogens is 2. The number of nitrogens with one attached hydrogen (secondary N) is 1. The molecule has 0 aliphatic heterocycles. The van der Waals surface area contributed by atoms with E-state index in [-0.39, 0.29) is 17.4 Å². The van der Waals surface area contributed by atoms with Crippen molar-refractivity contribution in [1.29, 1.82) is 0 Å². The van der Waals surface area contributed by atoms with Crippen molar-refractivity contribution < 1.29 is 13.5 Å². The van der Waals surface area contributed by atoms with Gasteiger partial charge in [0.1, 0.15) is 12.0 Å². The number of fused-ring (bicyclic) bond motifs is 1. The van der Waals surface area contributed by atoms with Crippen LogP contribution in [-0.4, -0.2) is 70.2 Å². The molecule has 0 amide bonds. The summed E-state index contributed by atoms with van der Waals surface area (Å²) in [6.45, 7) is 2.39. The number of nitrogens with zero attached hydrogens (tertiary/aromatic N) is 7. The van der Waals surface area contributed by atoms with Gasteiger partial charge in [0.05, 0.1) is 17.1 Å². The van der Waals surface area contributed by atoms with Gasteiger partial charge in [-0.05, 0) is 32.3 Å². The number of aryl methyl sites for hydroxylation is 1. The van der Waals surface area contributed by atoms with Gasteiger partial charge < -0.3 is 30.2 Å². The monoisotopic (exact) mass is 513 g/mol. The summed E-state index contributed by atoms with van der Waals surface area (Å²) in [6.07, 6.45) is 4.93. The summed E-state index contributed by atoms with van der Waals surface area (Å²) >= 11 is 0. The molecule has 198 valence electrons. The Morgan fingerprint density at radius 3 is 2.57 bits per heavy atom. The van der Waals surface area contributed by atoms with Crippen LogP contribution in [0, 0.1) is 0 Å². The molecule has 4 rings (SSSR count). The minimum absolute atomic E-state index is 0.0720. The zero-order chi connectivity index (χ0) is 27.1. The fraction of sp³-hybridized carbons (Fsp3) is 0.360. The van der Waals surface area contributed by atoms with Crippen LogP contribution in [0.15, 0.2) is 43.0 Å². The molecule has 12 heteroatoms. The van der Waals surface area contributed by atoms with Crippen LogP contribution < -0.4 is 20.7 Å². The highest BCUT2D eigenvalue weighted by molar-refractivity contribution is 5.92. The topological polar surface area (TPSA) is 110 Å². The second-order valence-corrected chi connectivity index (χ2v) is 8.30. The molecular formula is C25H33F2N9O. The van der Waals surface area contributed by atoms with Gasteiger partial charge in [0.2, 0.25) is 5.95 Å². The molecule has 3 N–H and O–H groups in total. The van der Waals surface area contributed by atoms with Crippen LogP contribution in [0.2, 0.25) is 0 Å². The minimum atomic E-state index is -3.02. The van der Waals surface area contributed by atoms with Crippen LogP contribution >= 0.6 is 0 Å². The van der Waals surface area contributed by atoms with Gasteiger partial charge in [-0.2, -0.15) is 13.8 Å². The maximum absolute atomic E-state index is 13.2. The Bertz CT molecular complexity index is 1330. The van der Waals surface area contributed by atoms with Gasteiger partial charge in [0, 0.05) is 56.6 Å². The zero-order valence-corrected chi connectivity index (χ0v) is 21.9. The van der Waals surface area contributed by atoms with Crippen molar-refractivity contribution >= 4 is 34.0 Å². The van der Waals surface area contributed by atoms with Crippen LogP contribution in [-0.2, 0) is 7.05 Å². The van der Waals surface area contributed by atoms with Gasteiger partial charge in [0.25, 0.3) is 0 Å². The first-order chi connectivity index (χ1) is 17.7. The summed E-state index contributed by atoms with van der Waals surface area (Å²) in [4.78, 5) is 21.2. The largest absolute Gasteiger partial charge is 0.433 e. The van der Waals surface area contributed by atoms with Gasteiger partial charge in [-0.1, -0.05) is 13.8 Å². The predicted octanol–water partition coefficient (Wildman–Crippen LogP) is 4.38. The molecule has 0 bridgehead atoms. The summed E-state index contributed by atoms with van der Waals surface area (Å²) in [7, 11) is 7.62. The van der Waals surface area contributed by atoms with Crippen LogP contribution in [0.25, 0.3) is 22.4 Å². The zero-order valence-electron chi connectivity index (χ0n) is 21.9. The number of anilines is 4. The lowest BCUT2D eigenvalue weighted by Gasteiger charge is -2.24. The van der Waals surface area contributed by atoms with E-state index in [1.165, 1.54) is 18.5 Å². The molecular weight excluding hydrogens is 480 g/mol. The van der Waals surface area contributed by atoms with Crippen LogP contribution in [0.3, 0.4) is 0 Å². The molecule has 3 aromatic heterocycles. The van der Waals surface area contributed by atoms with E-state index in [0.29, 0.717) is 23.7 Å². The van der Waals surface area contributed by atoms with Crippen molar-refractivity contribution in [2.24, 2.45) is 7.05 Å². The number of nitrogens with two attached hydrogens (primary N) is 1. The highest BCUT2D eigenvalue weighted by Gasteiger charge is 2.18. The quantitative estimate of drug-likeness (QED) is 0.315. The molecule has 0 aliphatic rings. The van der Waals surface area contributed by atoms with Gasteiger partial charge in [-0.3, -0.25) is 0 Å². The number of rotatable bonds is 9. The lowest BCUT2D eigenvalue weighted by Crippen LogP contribution is -2.29. The molecule has 10 nitrogen and oxygen atoms in total. The molecule has 4 aromatic rings. The fourth-order valence-electron chi connectivity index (χ4n) is 3.68. The van der Waals surface area contributed by atoms with E-state index in [1.807, 2.05) is 74.7 Å². The average Bonchev–Trinajstić information content (AvgIpc) is 3.22. The highest BCUT2D eigenvalue weighted by Crippen LogP contribution is 2.37. The Hall–Kier alpha value is -4.06. The van der Waals surface area contributed by atoms with Crippen molar-refractivity contribution in [3.8, 4) is 17.1 Å². The number of pyridine rings is 1. The molecule has 0 spiro atoms. The number of likely N-dealkylation sites (N-methyl/N-ethyl adjacent to an activating group) is 2. The highest BCUT2D eigenvalue weighted by atomic mass is 19.3. The molecule has 0 saturated carbocycles. The van der Waals surface area contributed by atoms with Crippen molar-refractivity contribution in [3.05, 3.63) is 43.0 Å². The molecule has 0 radical (unpaired) electrons. The molecule has 0 saturated heterocycles. The number of benzene rings is 1. The molecule has 0 fully saturated rings. The molecule has 1 aromatic carbocycles. The second kappa shape index (κ2) is 12.3. The number of ether oxygens (including phenoxy) is 1. The Morgan fingerprint density at radius 2 is 1.86 bits per heavy atom. The first kappa shape index (κ1) is 27.5. The first-order valence-electron chi connectivity index (χ1n) is 11.8. The standard InChI is InChI=1S/C23H27F2N9O.C2H6/c1-32(2)8-9-33(3)18-11-19(35-22(24)25)17(10-16(18)26)30-23-29-13-28-20(31-23)15-12-34(4)21-14(15)6-5-7-27-21;1-2/h5-7,10-13,22H,8-9,26H2,1-4H3,(H,28,29,30,31);1-2H3. The lowest BCUT2D eigenvalue weighted by molar-refractivity contribution is -0.0493. The van der Waals surface area contributed by atoms with Crippen molar-refractivity contribution in [1.82, 2.24) is 29.4 Å². The third-order valence-electron chi connectivity index (χ3n) is 5.43. The second-order valence-electron chi connectivity index (χ2n) is 8.30. The fourth-order valence-corrected chi connectivity index (χ4v) is 3.68. The maximum Gasteiger partial charge on any atom is 0.387 e. The SMILES string of the molecule is CC.CN(C)CCN(C)c1cc(OC(F)F)c(Nc2ncnc(-c3cn(C)c4ncccc34)n2)cc1N.